The highest BCUT2D eigenvalue weighted by atomic mass is 19.1. The molecule has 0 saturated carbocycles. The predicted octanol–water partition coefficient (Wildman–Crippen LogP) is 7.54. The number of nitrogens with zero attached hydrogens (tertiary/aromatic N) is 2. The molecule has 1 aliphatic rings. The molecule has 3 aromatic carbocycles. The van der Waals surface area contributed by atoms with Gasteiger partial charge in [-0.3, -0.25) is 9.78 Å². The van der Waals surface area contributed by atoms with E-state index in [1.807, 2.05) is 35.4 Å². The highest BCUT2D eigenvalue weighted by molar-refractivity contribution is 5.99. The average molecular weight is 515 g/mol. The van der Waals surface area contributed by atoms with Gasteiger partial charge >= 0.3 is 0 Å². The van der Waals surface area contributed by atoms with Crippen LogP contribution >= 0.6 is 0 Å². The van der Waals surface area contributed by atoms with Crippen molar-refractivity contribution in [2.45, 2.75) is 18.8 Å². The van der Waals surface area contributed by atoms with E-state index in [-0.39, 0.29) is 11.7 Å². The second-order valence-electron chi connectivity index (χ2n) is 10.3. The van der Waals surface area contributed by atoms with Crippen LogP contribution in [0.1, 0.15) is 34.7 Å². The molecule has 2 N–H and O–H groups in total. The topological polar surface area (TPSA) is 64.8 Å². The number of pyridine rings is 1. The Labute approximate surface area is 225 Å². The fourth-order valence-electron chi connectivity index (χ4n) is 5.88. The van der Waals surface area contributed by atoms with Gasteiger partial charge in [-0.25, -0.2) is 4.39 Å². The van der Waals surface area contributed by atoms with E-state index in [0.29, 0.717) is 11.5 Å². The van der Waals surface area contributed by atoms with Crippen LogP contribution in [0.15, 0.2) is 97.5 Å². The van der Waals surface area contributed by atoms with Gasteiger partial charge in [0.1, 0.15) is 5.82 Å². The zero-order valence-corrected chi connectivity index (χ0v) is 21.3. The number of carbonyl (C=O) groups is 1. The Bertz CT molecular complexity index is 1810. The lowest BCUT2D eigenvalue weighted by molar-refractivity contribution is 0.0713. The van der Waals surface area contributed by atoms with Gasteiger partial charge in [0.05, 0.1) is 5.69 Å². The number of carbonyl (C=O) groups excluding carboxylic acids is 1. The van der Waals surface area contributed by atoms with Crippen molar-refractivity contribution in [1.29, 1.82) is 0 Å². The van der Waals surface area contributed by atoms with Crippen molar-refractivity contribution in [3.05, 3.63) is 114 Å². The van der Waals surface area contributed by atoms with E-state index in [4.69, 9.17) is 0 Å². The number of rotatable bonds is 4. The first kappa shape index (κ1) is 23.4. The number of H-pyrrole nitrogens is 2. The molecular formula is C33H27FN4O. The van der Waals surface area contributed by atoms with Gasteiger partial charge in [-0.2, -0.15) is 0 Å². The van der Waals surface area contributed by atoms with Crippen LogP contribution in [0.5, 0.6) is 0 Å². The highest BCUT2D eigenvalue weighted by Crippen LogP contribution is 2.34. The van der Waals surface area contributed by atoms with E-state index >= 15 is 0 Å². The number of piperidine rings is 1. The number of benzene rings is 3. The van der Waals surface area contributed by atoms with Crippen molar-refractivity contribution in [1.82, 2.24) is 19.9 Å². The van der Waals surface area contributed by atoms with E-state index in [1.54, 1.807) is 24.4 Å². The van der Waals surface area contributed by atoms with Gasteiger partial charge in [0.25, 0.3) is 5.91 Å². The van der Waals surface area contributed by atoms with E-state index in [1.165, 1.54) is 23.1 Å². The van der Waals surface area contributed by atoms with E-state index in [9.17, 15) is 9.18 Å². The second-order valence-corrected chi connectivity index (χ2v) is 10.3. The summed E-state index contributed by atoms with van der Waals surface area (Å²) in [6.45, 7) is 1.47. The Morgan fingerprint density at radius 1 is 0.821 bits per heavy atom. The number of fused-ring (bicyclic) bond motifs is 2. The molecule has 192 valence electrons. The second kappa shape index (κ2) is 9.55. The molecular weight excluding hydrogens is 487 g/mol. The molecule has 0 spiro atoms. The first-order valence-corrected chi connectivity index (χ1v) is 13.3. The summed E-state index contributed by atoms with van der Waals surface area (Å²) in [5.74, 6) is 0.236. The van der Waals surface area contributed by atoms with Gasteiger partial charge in [0.15, 0.2) is 0 Å². The number of hydrogen-bond donors (Lipinski definition) is 2. The van der Waals surface area contributed by atoms with Gasteiger partial charge in [-0.05, 0) is 72.4 Å². The van der Waals surface area contributed by atoms with Crippen molar-refractivity contribution in [2.24, 2.45) is 0 Å². The number of hydrogen-bond acceptors (Lipinski definition) is 2. The Morgan fingerprint density at radius 3 is 2.41 bits per heavy atom. The number of likely N-dealkylation sites (tertiary alicyclic amines) is 1. The molecule has 6 heteroatoms. The molecule has 0 atom stereocenters. The van der Waals surface area contributed by atoms with Crippen LogP contribution in [0, 0.1) is 5.82 Å². The summed E-state index contributed by atoms with van der Waals surface area (Å²) >= 11 is 0. The lowest BCUT2D eigenvalue weighted by Gasteiger charge is -2.32. The average Bonchev–Trinajstić information content (AvgIpc) is 3.62. The monoisotopic (exact) mass is 514 g/mol. The number of nitrogens with one attached hydrogen (secondary N) is 2. The molecule has 1 amide bonds. The zero-order chi connectivity index (χ0) is 26.3. The number of amides is 1. The quantitative estimate of drug-likeness (QED) is 0.255. The fraction of sp³-hybridized carbons (Fsp3) is 0.152. The molecule has 1 saturated heterocycles. The van der Waals surface area contributed by atoms with Crippen LogP contribution in [0.3, 0.4) is 0 Å². The lowest BCUT2D eigenvalue weighted by atomic mass is 9.89. The molecule has 39 heavy (non-hydrogen) atoms. The van der Waals surface area contributed by atoms with Gasteiger partial charge < -0.3 is 14.9 Å². The number of para-hydroxylation sites is 1. The minimum atomic E-state index is -0.257. The van der Waals surface area contributed by atoms with E-state index < -0.39 is 0 Å². The van der Waals surface area contributed by atoms with Crippen molar-refractivity contribution in [3.63, 3.8) is 0 Å². The molecule has 0 radical (unpaired) electrons. The first-order valence-electron chi connectivity index (χ1n) is 13.3. The highest BCUT2D eigenvalue weighted by Gasteiger charge is 2.26. The Hall–Kier alpha value is -4.71. The third kappa shape index (κ3) is 4.28. The smallest absolute Gasteiger partial charge is 0.253 e. The summed E-state index contributed by atoms with van der Waals surface area (Å²) in [7, 11) is 0. The first-order chi connectivity index (χ1) is 19.1. The van der Waals surface area contributed by atoms with Crippen LogP contribution in [0.2, 0.25) is 0 Å². The molecule has 5 nitrogen and oxygen atoms in total. The molecule has 0 unspecified atom stereocenters. The van der Waals surface area contributed by atoms with Crippen LogP contribution < -0.4 is 0 Å². The lowest BCUT2D eigenvalue weighted by Crippen LogP contribution is -2.37. The number of aromatic amines is 2. The Kier molecular flexibility index (Phi) is 5.73. The van der Waals surface area contributed by atoms with Gasteiger partial charge in [0.2, 0.25) is 0 Å². The summed E-state index contributed by atoms with van der Waals surface area (Å²) in [5.41, 5.74) is 7.77. The normalized spacial score (nSPS) is 14.3. The SMILES string of the molecule is O=C(c1ccnc(-c2ccc3[nH]cc(-c4ccc(F)cc4)c3c2)c1)N1CCC(c2c[nH]c3ccccc23)CC1. The maximum Gasteiger partial charge on any atom is 0.253 e. The number of aromatic nitrogens is 3. The zero-order valence-electron chi connectivity index (χ0n) is 21.3. The summed E-state index contributed by atoms with van der Waals surface area (Å²) < 4.78 is 13.5. The van der Waals surface area contributed by atoms with E-state index in [2.05, 4.69) is 45.4 Å². The third-order valence-electron chi connectivity index (χ3n) is 7.98. The van der Waals surface area contributed by atoms with Gasteiger partial charge in [-0.1, -0.05) is 36.4 Å². The summed E-state index contributed by atoms with van der Waals surface area (Å²) in [6.07, 6.45) is 7.67. The maximum absolute atomic E-state index is 13.5. The molecule has 0 bridgehead atoms. The standard InChI is InChI=1S/C33H27FN4O/c34-25-8-5-21(6-9-25)29-20-37-31-10-7-23(17-27(29)31)32-18-24(11-14-35-32)33(39)38-15-12-22(13-16-38)28-19-36-30-4-2-1-3-26(28)30/h1-11,14,17-20,22,36-37H,12-13,15-16H2. The van der Waals surface area contributed by atoms with Crippen molar-refractivity contribution in [2.75, 3.05) is 13.1 Å². The Morgan fingerprint density at radius 2 is 1.56 bits per heavy atom. The van der Waals surface area contributed by atoms with Crippen molar-refractivity contribution < 1.29 is 9.18 Å². The molecule has 6 aromatic rings. The van der Waals surface area contributed by atoms with Crippen LogP contribution in [-0.2, 0) is 0 Å². The van der Waals surface area contributed by atoms with Gasteiger partial charge in [0, 0.05) is 70.2 Å². The maximum atomic E-state index is 13.5. The largest absolute Gasteiger partial charge is 0.361 e. The predicted molar refractivity (Wildman–Crippen MR) is 153 cm³/mol. The minimum absolute atomic E-state index is 0.0470. The Balaban J connectivity index is 1.11. The third-order valence-corrected chi connectivity index (χ3v) is 7.98. The summed E-state index contributed by atoms with van der Waals surface area (Å²) in [5, 5.41) is 2.31. The van der Waals surface area contributed by atoms with Crippen LogP contribution in [-0.4, -0.2) is 38.8 Å². The molecule has 4 heterocycles. The minimum Gasteiger partial charge on any atom is -0.361 e. The molecule has 0 aliphatic carbocycles. The van der Waals surface area contributed by atoms with Crippen molar-refractivity contribution in [3.8, 4) is 22.4 Å². The fourth-order valence-corrected chi connectivity index (χ4v) is 5.88. The van der Waals surface area contributed by atoms with E-state index in [0.717, 1.165) is 64.7 Å². The van der Waals surface area contributed by atoms with Gasteiger partial charge in [-0.15, -0.1) is 0 Å². The molecule has 1 fully saturated rings. The summed E-state index contributed by atoms with van der Waals surface area (Å²) in [4.78, 5) is 26.7. The molecule has 1 aliphatic heterocycles. The van der Waals surface area contributed by atoms with Crippen molar-refractivity contribution >= 4 is 27.7 Å². The van der Waals surface area contributed by atoms with Crippen LogP contribution in [0.4, 0.5) is 4.39 Å². The molecule has 3 aromatic heterocycles. The summed E-state index contributed by atoms with van der Waals surface area (Å²) in [6, 6.07) is 24.7. The van der Waals surface area contributed by atoms with Crippen LogP contribution in [0.25, 0.3) is 44.2 Å². The number of halogens is 1. The molecule has 7 rings (SSSR count).